The molecule has 0 radical (unpaired) electrons. The lowest BCUT2D eigenvalue weighted by molar-refractivity contribution is -0.387. The molecule has 1 atom stereocenters. The SMILES string of the molecule is CCCC(N)c1noc(-c2c(F)ccc([N+](=O)[O-])c2F)n1. The maximum Gasteiger partial charge on any atom is 0.305 e. The van der Waals surface area contributed by atoms with Crippen molar-refractivity contribution in [2.75, 3.05) is 0 Å². The highest BCUT2D eigenvalue weighted by atomic mass is 19.1. The molecule has 0 fully saturated rings. The van der Waals surface area contributed by atoms with Crippen LogP contribution in [0, 0.1) is 21.7 Å². The third-order valence-corrected chi connectivity index (χ3v) is 2.85. The van der Waals surface area contributed by atoms with E-state index in [0.717, 1.165) is 18.6 Å². The highest BCUT2D eigenvalue weighted by Crippen LogP contribution is 2.31. The quantitative estimate of drug-likeness (QED) is 0.671. The predicted octanol–water partition coefficient (Wildman–Crippen LogP) is 2.72. The Balaban J connectivity index is 2.47. The minimum absolute atomic E-state index is 0.0946. The lowest BCUT2D eigenvalue weighted by atomic mass is 10.1. The van der Waals surface area contributed by atoms with Gasteiger partial charge in [0.25, 0.3) is 5.89 Å². The van der Waals surface area contributed by atoms with Crippen molar-refractivity contribution in [3.05, 3.63) is 39.7 Å². The number of hydrogen-bond acceptors (Lipinski definition) is 6. The number of nitrogens with two attached hydrogens (primary N) is 1. The zero-order valence-corrected chi connectivity index (χ0v) is 11.0. The molecule has 2 N–H and O–H groups in total. The monoisotopic (exact) mass is 298 g/mol. The van der Waals surface area contributed by atoms with E-state index < -0.39 is 39.7 Å². The summed E-state index contributed by atoms with van der Waals surface area (Å²) in [5.41, 5.74) is 4.17. The topological polar surface area (TPSA) is 108 Å². The summed E-state index contributed by atoms with van der Waals surface area (Å²) in [6.45, 7) is 1.90. The molecular weight excluding hydrogens is 286 g/mol. The minimum Gasteiger partial charge on any atom is -0.334 e. The first kappa shape index (κ1) is 15.0. The fourth-order valence-electron chi connectivity index (χ4n) is 1.81. The van der Waals surface area contributed by atoms with Crippen molar-refractivity contribution < 1.29 is 18.2 Å². The first-order valence-electron chi connectivity index (χ1n) is 6.17. The van der Waals surface area contributed by atoms with Crippen LogP contribution in [0.2, 0.25) is 0 Å². The van der Waals surface area contributed by atoms with Crippen molar-refractivity contribution in [2.45, 2.75) is 25.8 Å². The largest absolute Gasteiger partial charge is 0.334 e. The summed E-state index contributed by atoms with van der Waals surface area (Å²) >= 11 is 0. The highest BCUT2D eigenvalue weighted by molar-refractivity contribution is 5.60. The molecule has 1 aromatic heterocycles. The molecule has 21 heavy (non-hydrogen) atoms. The average Bonchev–Trinajstić information content (AvgIpc) is 2.88. The van der Waals surface area contributed by atoms with Crippen LogP contribution in [-0.4, -0.2) is 15.1 Å². The predicted molar refractivity (Wildman–Crippen MR) is 68.1 cm³/mol. The molecular formula is C12H12F2N4O3. The maximum atomic E-state index is 14.0. The summed E-state index contributed by atoms with van der Waals surface area (Å²) in [4.78, 5) is 13.5. The first-order valence-corrected chi connectivity index (χ1v) is 6.17. The van der Waals surface area contributed by atoms with Crippen molar-refractivity contribution in [1.82, 2.24) is 10.1 Å². The van der Waals surface area contributed by atoms with E-state index >= 15 is 0 Å². The number of hydrogen-bond donors (Lipinski definition) is 1. The second-order valence-corrected chi connectivity index (χ2v) is 4.37. The van der Waals surface area contributed by atoms with Gasteiger partial charge in [0.15, 0.2) is 5.82 Å². The van der Waals surface area contributed by atoms with Crippen LogP contribution in [0.1, 0.15) is 31.6 Å². The summed E-state index contributed by atoms with van der Waals surface area (Å²) in [6, 6.07) is 0.970. The summed E-state index contributed by atoms with van der Waals surface area (Å²) in [7, 11) is 0. The lowest BCUT2D eigenvalue weighted by Crippen LogP contribution is -2.11. The zero-order chi connectivity index (χ0) is 15.6. The number of halogens is 2. The Bertz CT molecular complexity index is 675. The molecule has 0 aliphatic rings. The van der Waals surface area contributed by atoms with E-state index in [4.69, 9.17) is 10.3 Å². The average molecular weight is 298 g/mol. The number of nitro groups is 1. The van der Waals surface area contributed by atoms with Crippen LogP contribution in [0.25, 0.3) is 11.5 Å². The van der Waals surface area contributed by atoms with E-state index in [1.165, 1.54) is 0 Å². The van der Waals surface area contributed by atoms with E-state index in [1.54, 1.807) is 0 Å². The van der Waals surface area contributed by atoms with Crippen molar-refractivity contribution in [1.29, 1.82) is 0 Å². The van der Waals surface area contributed by atoms with Gasteiger partial charge in [0.1, 0.15) is 11.4 Å². The van der Waals surface area contributed by atoms with Gasteiger partial charge in [0.05, 0.1) is 11.0 Å². The van der Waals surface area contributed by atoms with Crippen molar-refractivity contribution in [3.8, 4) is 11.5 Å². The Morgan fingerprint density at radius 1 is 1.48 bits per heavy atom. The number of aromatic nitrogens is 2. The second kappa shape index (κ2) is 5.92. The molecule has 0 saturated heterocycles. The third kappa shape index (κ3) is 2.87. The van der Waals surface area contributed by atoms with Gasteiger partial charge in [-0.15, -0.1) is 0 Å². The summed E-state index contributed by atoms with van der Waals surface area (Å²) in [5.74, 6) is -2.77. The summed E-state index contributed by atoms with van der Waals surface area (Å²) in [6.07, 6.45) is 1.34. The number of nitro benzene ring substituents is 1. The fourth-order valence-corrected chi connectivity index (χ4v) is 1.81. The van der Waals surface area contributed by atoms with Crippen LogP contribution in [0.3, 0.4) is 0 Å². The van der Waals surface area contributed by atoms with Gasteiger partial charge in [-0.25, -0.2) is 4.39 Å². The van der Waals surface area contributed by atoms with E-state index in [0.29, 0.717) is 6.42 Å². The molecule has 1 aromatic carbocycles. The van der Waals surface area contributed by atoms with Gasteiger partial charge in [-0.3, -0.25) is 10.1 Å². The smallest absolute Gasteiger partial charge is 0.305 e. The highest BCUT2D eigenvalue weighted by Gasteiger charge is 2.27. The fraction of sp³-hybridized carbons (Fsp3) is 0.333. The molecule has 0 amide bonds. The number of nitrogens with zero attached hydrogens (tertiary/aromatic N) is 3. The van der Waals surface area contributed by atoms with Crippen molar-refractivity contribution in [2.24, 2.45) is 5.73 Å². The van der Waals surface area contributed by atoms with E-state index in [-0.39, 0.29) is 5.82 Å². The van der Waals surface area contributed by atoms with Gasteiger partial charge >= 0.3 is 5.69 Å². The van der Waals surface area contributed by atoms with Crippen molar-refractivity contribution >= 4 is 5.69 Å². The van der Waals surface area contributed by atoms with Crippen molar-refractivity contribution in [3.63, 3.8) is 0 Å². The van der Waals surface area contributed by atoms with Crippen LogP contribution < -0.4 is 5.73 Å². The van der Waals surface area contributed by atoms with Gasteiger partial charge in [-0.1, -0.05) is 18.5 Å². The lowest BCUT2D eigenvalue weighted by Gasteiger charge is -2.03. The van der Waals surface area contributed by atoms with E-state index in [1.807, 2.05) is 6.92 Å². The maximum absolute atomic E-state index is 14.0. The van der Waals surface area contributed by atoms with Gasteiger partial charge in [-0.05, 0) is 12.5 Å². The third-order valence-electron chi connectivity index (χ3n) is 2.85. The Morgan fingerprint density at radius 2 is 2.19 bits per heavy atom. The van der Waals surface area contributed by atoms with Crippen LogP contribution in [0.15, 0.2) is 16.7 Å². The first-order chi connectivity index (χ1) is 9.95. The molecule has 0 saturated carbocycles. The molecule has 0 aliphatic carbocycles. The zero-order valence-electron chi connectivity index (χ0n) is 11.0. The van der Waals surface area contributed by atoms with Gasteiger partial charge < -0.3 is 10.3 Å². The molecule has 0 bridgehead atoms. The Kier molecular flexibility index (Phi) is 4.22. The van der Waals surface area contributed by atoms with E-state index in [9.17, 15) is 18.9 Å². The Hall–Kier alpha value is -2.42. The van der Waals surface area contributed by atoms with Gasteiger partial charge in [0.2, 0.25) is 5.82 Å². The molecule has 2 aromatic rings. The molecule has 1 heterocycles. The van der Waals surface area contributed by atoms with Crippen LogP contribution >= 0.6 is 0 Å². The number of rotatable bonds is 5. The molecule has 112 valence electrons. The molecule has 1 unspecified atom stereocenters. The van der Waals surface area contributed by atoms with Gasteiger partial charge in [-0.2, -0.15) is 9.37 Å². The Morgan fingerprint density at radius 3 is 2.81 bits per heavy atom. The normalized spacial score (nSPS) is 12.4. The summed E-state index contributed by atoms with van der Waals surface area (Å²) < 4.78 is 32.5. The molecule has 7 nitrogen and oxygen atoms in total. The standard InChI is InChI=1S/C12H12F2N4O3/c1-2-3-7(15)11-16-12(21-17-11)9-6(13)4-5-8(10(9)14)18(19)20/h4-5,7H,2-3,15H2,1H3. The summed E-state index contributed by atoms with van der Waals surface area (Å²) in [5, 5.41) is 14.2. The number of benzene rings is 1. The minimum atomic E-state index is -1.36. The van der Waals surface area contributed by atoms with Crippen LogP contribution in [0.5, 0.6) is 0 Å². The molecule has 9 heteroatoms. The van der Waals surface area contributed by atoms with Gasteiger partial charge in [0, 0.05) is 6.07 Å². The second-order valence-electron chi connectivity index (χ2n) is 4.37. The van der Waals surface area contributed by atoms with Crippen LogP contribution in [-0.2, 0) is 0 Å². The molecule has 0 spiro atoms. The van der Waals surface area contributed by atoms with E-state index in [2.05, 4.69) is 10.1 Å². The van der Waals surface area contributed by atoms with Crippen LogP contribution in [0.4, 0.5) is 14.5 Å². The molecule has 2 rings (SSSR count). The Labute approximate surface area is 117 Å². The molecule has 0 aliphatic heterocycles.